The molecule has 0 saturated heterocycles. The molecule has 0 bridgehead atoms. The number of hydrogen-bond acceptors (Lipinski definition) is 5. The summed E-state index contributed by atoms with van der Waals surface area (Å²) in [5.41, 5.74) is 10.4. The Morgan fingerprint density at radius 2 is 1.44 bits per heavy atom. The highest BCUT2D eigenvalue weighted by Gasteiger charge is 2.09. The minimum atomic E-state index is -3.67. The summed E-state index contributed by atoms with van der Waals surface area (Å²) in [6.45, 7) is 0. The van der Waals surface area contributed by atoms with Gasteiger partial charge in [0.2, 0.25) is 5.91 Å². The molecule has 32 heavy (non-hydrogen) atoms. The summed E-state index contributed by atoms with van der Waals surface area (Å²) in [5.74, 6) is -0.246. The van der Waals surface area contributed by atoms with Crippen molar-refractivity contribution in [1.29, 1.82) is 0 Å². The summed E-state index contributed by atoms with van der Waals surface area (Å²) in [6, 6.07) is 24.7. The third kappa shape index (κ3) is 6.76. The molecule has 4 rings (SSSR count). The molecule has 0 saturated carbocycles. The van der Waals surface area contributed by atoms with Crippen LogP contribution in [0.1, 0.15) is 18.4 Å². The summed E-state index contributed by atoms with van der Waals surface area (Å²) in [5, 5.41) is 5.77. The molecule has 0 aliphatic rings. The minimum Gasteiger partial charge on any atom is -0.370 e. The molecule has 166 valence electrons. The zero-order valence-electron chi connectivity index (χ0n) is 17.7. The Hall–Kier alpha value is -3.49. The lowest BCUT2D eigenvalue weighted by atomic mass is 10.1. The summed E-state index contributed by atoms with van der Waals surface area (Å²) in [7, 11) is -3.67. The maximum atomic E-state index is 10.9. The van der Waals surface area contributed by atoms with Gasteiger partial charge in [0, 0.05) is 22.9 Å². The van der Waals surface area contributed by atoms with E-state index in [-0.39, 0.29) is 5.91 Å². The number of aryl methyl sites for hydroxylation is 1. The van der Waals surface area contributed by atoms with Crippen LogP contribution in [0.25, 0.3) is 21.8 Å². The van der Waals surface area contributed by atoms with Gasteiger partial charge < -0.3 is 11.1 Å². The van der Waals surface area contributed by atoms with Crippen LogP contribution < -0.4 is 11.1 Å². The summed E-state index contributed by atoms with van der Waals surface area (Å²) in [6.07, 6.45) is 2.77. The molecule has 7 nitrogen and oxygen atoms in total. The van der Waals surface area contributed by atoms with Crippen molar-refractivity contribution in [2.75, 3.05) is 11.6 Å². The molecule has 1 aromatic heterocycles. The van der Waals surface area contributed by atoms with Crippen LogP contribution in [-0.2, 0) is 21.3 Å². The Bertz CT molecular complexity index is 1270. The van der Waals surface area contributed by atoms with Gasteiger partial charge in [-0.25, -0.2) is 4.98 Å². The number of rotatable bonds is 6. The Labute approximate surface area is 187 Å². The van der Waals surface area contributed by atoms with Crippen molar-refractivity contribution < 1.29 is 17.8 Å². The second-order valence-corrected chi connectivity index (χ2v) is 8.86. The highest BCUT2D eigenvalue weighted by molar-refractivity contribution is 7.85. The molecular formula is C24H25N3O4S. The molecule has 0 atom stereocenters. The van der Waals surface area contributed by atoms with E-state index in [1.54, 1.807) is 0 Å². The fraction of sp³-hybridized carbons (Fsp3) is 0.167. The van der Waals surface area contributed by atoms with Crippen LogP contribution >= 0.6 is 0 Å². The van der Waals surface area contributed by atoms with E-state index in [0.717, 1.165) is 46.0 Å². The molecule has 0 aliphatic carbocycles. The van der Waals surface area contributed by atoms with E-state index in [1.165, 1.54) is 5.56 Å². The number of hydrogen-bond donors (Lipinski definition) is 3. The zero-order chi connectivity index (χ0) is 23.1. The highest BCUT2D eigenvalue weighted by Crippen LogP contribution is 2.33. The monoisotopic (exact) mass is 451 g/mol. The molecule has 0 radical (unpaired) electrons. The molecule has 0 unspecified atom stereocenters. The number of nitrogens with two attached hydrogens (primary N) is 1. The van der Waals surface area contributed by atoms with E-state index < -0.39 is 10.1 Å². The van der Waals surface area contributed by atoms with Crippen LogP contribution in [-0.4, -0.2) is 30.1 Å². The first-order valence-electron chi connectivity index (χ1n) is 10.0. The SMILES string of the molecule is CS(=O)(=O)O.NC(=O)CCCc1ccc(Nc2c3ccccc3nc3ccccc23)cc1. The number of para-hydroxylation sites is 2. The Kier molecular flexibility index (Phi) is 7.40. The standard InChI is InChI=1S/C23H21N3O.CH4O3S/c24-22(27)11-5-6-16-12-14-17(15-13-16)25-23-18-7-1-3-9-20(18)26-21-10-4-2-8-19(21)23;1-5(2,3)4/h1-4,7-10,12-15H,5-6,11H2,(H2,24,27)(H,25,26);1H3,(H,2,3,4). The maximum absolute atomic E-state index is 10.9. The van der Waals surface area contributed by atoms with Crippen molar-refractivity contribution in [3.05, 3.63) is 78.4 Å². The second kappa shape index (κ2) is 10.2. The fourth-order valence-corrected chi connectivity index (χ4v) is 3.34. The van der Waals surface area contributed by atoms with Crippen molar-refractivity contribution in [3.8, 4) is 0 Å². The molecule has 8 heteroatoms. The van der Waals surface area contributed by atoms with Crippen molar-refractivity contribution in [1.82, 2.24) is 4.98 Å². The molecule has 4 N–H and O–H groups in total. The largest absolute Gasteiger partial charge is 0.370 e. The summed E-state index contributed by atoms with van der Waals surface area (Å²) >= 11 is 0. The van der Waals surface area contributed by atoms with Crippen LogP contribution in [0, 0.1) is 0 Å². The number of nitrogens with one attached hydrogen (secondary N) is 1. The highest BCUT2D eigenvalue weighted by atomic mass is 32.2. The van der Waals surface area contributed by atoms with Crippen molar-refractivity contribution in [3.63, 3.8) is 0 Å². The van der Waals surface area contributed by atoms with E-state index in [2.05, 4.69) is 41.7 Å². The lowest BCUT2D eigenvalue weighted by molar-refractivity contribution is -0.118. The van der Waals surface area contributed by atoms with Gasteiger partial charge in [0.1, 0.15) is 0 Å². The number of fused-ring (bicyclic) bond motifs is 2. The normalized spacial score (nSPS) is 11.1. The second-order valence-electron chi connectivity index (χ2n) is 7.40. The van der Waals surface area contributed by atoms with Crippen LogP contribution in [0.5, 0.6) is 0 Å². The van der Waals surface area contributed by atoms with Crippen molar-refractivity contribution >= 4 is 49.2 Å². The number of aromatic nitrogens is 1. The van der Waals surface area contributed by atoms with Gasteiger partial charge in [-0.1, -0.05) is 48.5 Å². The Morgan fingerprint density at radius 3 is 1.94 bits per heavy atom. The van der Waals surface area contributed by atoms with Gasteiger partial charge in [-0.15, -0.1) is 0 Å². The summed E-state index contributed by atoms with van der Waals surface area (Å²) in [4.78, 5) is 15.6. The molecule has 4 aromatic rings. The van der Waals surface area contributed by atoms with E-state index in [0.29, 0.717) is 12.7 Å². The van der Waals surface area contributed by atoms with E-state index >= 15 is 0 Å². The molecule has 0 fully saturated rings. The molecule has 1 amide bonds. The predicted molar refractivity (Wildman–Crippen MR) is 129 cm³/mol. The number of primary amides is 1. The van der Waals surface area contributed by atoms with E-state index in [1.807, 2.05) is 36.4 Å². The molecule has 0 spiro atoms. The third-order valence-electron chi connectivity index (χ3n) is 4.70. The van der Waals surface area contributed by atoms with Crippen molar-refractivity contribution in [2.24, 2.45) is 5.73 Å². The number of carbonyl (C=O) groups is 1. The number of anilines is 2. The smallest absolute Gasteiger partial charge is 0.261 e. The third-order valence-corrected chi connectivity index (χ3v) is 4.70. The zero-order valence-corrected chi connectivity index (χ0v) is 18.5. The first-order valence-corrected chi connectivity index (χ1v) is 11.9. The van der Waals surface area contributed by atoms with E-state index in [4.69, 9.17) is 15.3 Å². The van der Waals surface area contributed by atoms with Gasteiger partial charge in [0.25, 0.3) is 10.1 Å². The van der Waals surface area contributed by atoms with Gasteiger partial charge in [-0.05, 0) is 42.7 Å². The molecule has 3 aromatic carbocycles. The van der Waals surface area contributed by atoms with Crippen LogP contribution in [0.4, 0.5) is 11.4 Å². The average molecular weight is 452 g/mol. The molecule has 1 heterocycles. The van der Waals surface area contributed by atoms with Gasteiger partial charge in [0.05, 0.1) is 23.0 Å². The van der Waals surface area contributed by atoms with Crippen LogP contribution in [0.2, 0.25) is 0 Å². The van der Waals surface area contributed by atoms with E-state index in [9.17, 15) is 13.2 Å². The molecule has 0 aliphatic heterocycles. The topological polar surface area (TPSA) is 122 Å². The van der Waals surface area contributed by atoms with Crippen LogP contribution in [0.15, 0.2) is 72.8 Å². The number of nitrogens with zero attached hydrogens (tertiary/aromatic N) is 1. The first-order chi connectivity index (χ1) is 15.2. The Balaban J connectivity index is 0.000000523. The predicted octanol–water partition coefficient (Wildman–Crippen LogP) is 4.44. The van der Waals surface area contributed by atoms with Crippen LogP contribution in [0.3, 0.4) is 0 Å². The quantitative estimate of drug-likeness (QED) is 0.294. The van der Waals surface area contributed by atoms with Crippen molar-refractivity contribution in [2.45, 2.75) is 19.3 Å². The van der Waals surface area contributed by atoms with Gasteiger partial charge in [-0.2, -0.15) is 8.42 Å². The minimum absolute atomic E-state index is 0.246. The maximum Gasteiger partial charge on any atom is 0.261 e. The number of amides is 1. The lowest BCUT2D eigenvalue weighted by Crippen LogP contribution is -2.10. The Morgan fingerprint density at radius 1 is 0.938 bits per heavy atom. The number of benzene rings is 3. The lowest BCUT2D eigenvalue weighted by Gasteiger charge is -2.13. The van der Waals surface area contributed by atoms with Gasteiger partial charge >= 0.3 is 0 Å². The fourth-order valence-electron chi connectivity index (χ4n) is 3.34. The van der Waals surface area contributed by atoms with Gasteiger partial charge in [0.15, 0.2) is 0 Å². The number of carbonyl (C=O) groups excluding carboxylic acids is 1. The number of pyridine rings is 1. The molecular weight excluding hydrogens is 426 g/mol. The average Bonchev–Trinajstić information content (AvgIpc) is 2.73. The first kappa shape index (κ1) is 23.2. The van der Waals surface area contributed by atoms with Gasteiger partial charge in [-0.3, -0.25) is 9.35 Å². The summed E-state index contributed by atoms with van der Waals surface area (Å²) < 4.78 is 25.9.